The zero-order chi connectivity index (χ0) is 17.8. The molecule has 0 saturated carbocycles. The van der Waals surface area contributed by atoms with Crippen molar-refractivity contribution in [2.24, 2.45) is 0 Å². The number of hydrogen-bond donors (Lipinski definition) is 0. The SMILES string of the molecule is O=C(/C=C/c1ccc(F)c(F)c1)c1ccc(N2CCOCC2)c(F)c1. The first-order chi connectivity index (χ1) is 12.0. The maximum absolute atomic E-state index is 14.3. The number of hydrogen-bond acceptors (Lipinski definition) is 3. The number of anilines is 1. The zero-order valence-corrected chi connectivity index (χ0v) is 13.3. The molecule has 130 valence electrons. The van der Waals surface area contributed by atoms with Crippen molar-refractivity contribution in [3.63, 3.8) is 0 Å². The van der Waals surface area contributed by atoms with Crippen molar-refractivity contribution in [2.75, 3.05) is 31.2 Å². The summed E-state index contributed by atoms with van der Waals surface area (Å²) >= 11 is 0. The van der Waals surface area contributed by atoms with Crippen LogP contribution in [0, 0.1) is 17.5 Å². The minimum atomic E-state index is -0.990. The van der Waals surface area contributed by atoms with Gasteiger partial charge < -0.3 is 9.64 Å². The van der Waals surface area contributed by atoms with Crippen molar-refractivity contribution in [1.29, 1.82) is 0 Å². The molecule has 0 N–H and O–H groups in total. The molecule has 1 saturated heterocycles. The molecule has 2 aromatic rings. The molecule has 3 nitrogen and oxygen atoms in total. The highest BCUT2D eigenvalue weighted by Gasteiger charge is 2.16. The lowest BCUT2D eigenvalue weighted by Crippen LogP contribution is -2.36. The number of ether oxygens (including phenoxy) is 1. The lowest BCUT2D eigenvalue weighted by molar-refractivity contribution is 0.104. The second-order valence-electron chi connectivity index (χ2n) is 5.64. The van der Waals surface area contributed by atoms with Gasteiger partial charge in [0.2, 0.25) is 0 Å². The third-order valence-corrected chi connectivity index (χ3v) is 3.95. The largest absolute Gasteiger partial charge is 0.378 e. The van der Waals surface area contributed by atoms with Gasteiger partial charge in [-0.05, 0) is 42.0 Å². The van der Waals surface area contributed by atoms with Crippen molar-refractivity contribution in [2.45, 2.75) is 0 Å². The summed E-state index contributed by atoms with van der Waals surface area (Å²) in [5.74, 6) is -2.84. The molecule has 0 amide bonds. The molecule has 1 heterocycles. The average Bonchev–Trinajstić information content (AvgIpc) is 2.63. The molecule has 0 radical (unpaired) electrons. The topological polar surface area (TPSA) is 29.5 Å². The molecule has 1 fully saturated rings. The van der Waals surface area contributed by atoms with Crippen LogP contribution < -0.4 is 4.90 Å². The van der Waals surface area contributed by atoms with Crippen molar-refractivity contribution in [3.05, 3.63) is 71.1 Å². The van der Waals surface area contributed by atoms with E-state index >= 15 is 0 Å². The predicted octanol–water partition coefficient (Wildman–Crippen LogP) is 3.84. The summed E-state index contributed by atoms with van der Waals surface area (Å²) in [4.78, 5) is 14.0. The number of ketones is 1. The van der Waals surface area contributed by atoms with Gasteiger partial charge in [-0.2, -0.15) is 0 Å². The maximum Gasteiger partial charge on any atom is 0.185 e. The first kappa shape index (κ1) is 17.2. The Morgan fingerprint density at radius 3 is 2.40 bits per heavy atom. The zero-order valence-electron chi connectivity index (χ0n) is 13.3. The standard InChI is InChI=1S/C19H16F3NO2/c20-15-4-1-13(11-16(15)21)2-6-19(24)14-3-5-18(17(22)12-14)23-7-9-25-10-8-23/h1-6,11-12H,7-10H2/b6-2+. The Morgan fingerprint density at radius 1 is 0.960 bits per heavy atom. The summed E-state index contributed by atoms with van der Waals surface area (Å²) in [6, 6.07) is 7.62. The summed E-state index contributed by atoms with van der Waals surface area (Å²) in [7, 11) is 0. The van der Waals surface area contributed by atoms with E-state index in [0.717, 1.165) is 12.1 Å². The smallest absolute Gasteiger partial charge is 0.185 e. The van der Waals surface area contributed by atoms with Crippen LogP contribution in [0.4, 0.5) is 18.9 Å². The first-order valence-corrected chi connectivity index (χ1v) is 7.84. The van der Waals surface area contributed by atoms with Crippen LogP contribution >= 0.6 is 0 Å². The summed E-state index contributed by atoms with van der Waals surface area (Å²) in [6.07, 6.45) is 2.56. The van der Waals surface area contributed by atoms with Gasteiger partial charge in [-0.3, -0.25) is 4.79 Å². The van der Waals surface area contributed by atoms with Gasteiger partial charge in [0, 0.05) is 18.7 Å². The molecule has 0 aromatic heterocycles. The quantitative estimate of drug-likeness (QED) is 0.622. The monoisotopic (exact) mass is 347 g/mol. The van der Waals surface area contributed by atoms with E-state index in [0.29, 0.717) is 37.6 Å². The molecule has 0 aliphatic carbocycles. The second kappa shape index (κ2) is 7.53. The maximum atomic E-state index is 14.3. The molecule has 2 aromatic carbocycles. The van der Waals surface area contributed by atoms with E-state index in [1.54, 1.807) is 12.1 Å². The molecular weight excluding hydrogens is 331 g/mol. The van der Waals surface area contributed by atoms with Crippen molar-refractivity contribution in [3.8, 4) is 0 Å². The van der Waals surface area contributed by atoms with Gasteiger partial charge in [-0.1, -0.05) is 12.1 Å². The summed E-state index contributed by atoms with van der Waals surface area (Å²) < 4.78 is 45.6. The Morgan fingerprint density at radius 2 is 1.72 bits per heavy atom. The van der Waals surface area contributed by atoms with E-state index in [4.69, 9.17) is 4.74 Å². The second-order valence-corrected chi connectivity index (χ2v) is 5.64. The van der Waals surface area contributed by atoms with Gasteiger partial charge in [0.25, 0.3) is 0 Å². The highest BCUT2D eigenvalue weighted by Crippen LogP contribution is 2.22. The van der Waals surface area contributed by atoms with Crippen molar-refractivity contribution < 1.29 is 22.7 Å². The van der Waals surface area contributed by atoms with E-state index in [2.05, 4.69) is 0 Å². The van der Waals surface area contributed by atoms with Crippen molar-refractivity contribution in [1.82, 2.24) is 0 Å². The molecule has 1 aliphatic heterocycles. The lowest BCUT2D eigenvalue weighted by atomic mass is 10.1. The van der Waals surface area contributed by atoms with Gasteiger partial charge in [-0.15, -0.1) is 0 Å². The number of carbonyl (C=O) groups excluding carboxylic acids is 1. The molecule has 0 atom stereocenters. The van der Waals surface area contributed by atoms with Crippen LogP contribution in [0.5, 0.6) is 0 Å². The van der Waals surface area contributed by atoms with E-state index in [9.17, 15) is 18.0 Å². The average molecular weight is 347 g/mol. The fraction of sp³-hybridized carbons (Fsp3) is 0.211. The third-order valence-electron chi connectivity index (χ3n) is 3.95. The normalized spacial score (nSPS) is 14.9. The van der Waals surface area contributed by atoms with Crippen LogP contribution in [0.1, 0.15) is 15.9 Å². The van der Waals surface area contributed by atoms with Crippen LogP contribution in [-0.4, -0.2) is 32.1 Å². The van der Waals surface area contributed by atoms with E-state index in [-0.39, 0.29) is 5.56 Å². The van der Waals surface area contributed by atoms with Gasteiger partial charge in [0.15, 0.2) is 17.4 Å². The lowest BCUT2D eigenvalue weighted by Gasteiger charge is -2.29. The molecule has 1 aliphatic rings. The highest BCUT2D eigenvalue weighted by molar-refractivity contribution is 6.07. The van der Waals surface area contributed by atoms with E-state index in [1.165, 1.54) is 24.3 Å². The minimum absolute atomic E-state index is 0.188. The van der Waals surface area contributed by atoms with Gasteiger partial charge >= 0.3 is 0 Å². The molecule has 25 heavy (non-hydrogen) atoms. The molecule has 0 spiro atoms. The summed E-state index contributed by atoms with van der Waals surface area (Å²) in [6.45, 7) is 2.27. The highest BCUT2D eigenvalue weighted by atomic mass is 19.2. The number of morpholine rings is 1. The summed E-state index contributed by atoms with van der Waals surface area (Å²) in [5.41, 5.74) is 0.968. The molecule has 6 heteroatoms. The van der Waals surface area contributed by atoms with Crippen LogP contribution in [-0.2, 0) is 4.74 Å². The Balaban J connectivity index is 1.74. The number of rotatable bonds is 4. The Labute approximate surface area is 143 Å². The summed E-state index contributed by atoms with van der Waals surface area (Å²) in [5, 5.41) is 0. The van der Waals surface area contributed by atoms with Crippen molar-refractivity contribution >= 4 is 17.5 Å². The Bertz CT molecular complexity index is 814. The van der Waals surface area contributed by atoms with Crippen LogP contribution in [0.15, 0.2) is 42.5 Å². The van der Waals surface area contributed by atoms with E-state index < -0.39 is 23.2 Å². The Hall–Kier alpha value is -2.60. The number of benzene rings is 2. The minimum Gasteiger partial charge on any atom is -0.378 e. The third kappa shape index (κ3) is 4.09. The van der Waals surface area contributed by atoms with Gasteiger partial charge in [-0.25, -0.2) is 13.2 Å². The fourth-order valence-corrected chi connectivity index (χ4v) is 2.61. The fourth-order valence-electron chi connectivity index (χ4n) is 2.61. The van der Waals surface area contributed by atoms with Crippen LogP contribution in [0.2, 0.25) is 0 Å². The van der Waals surface area contributed by atoms with Crippen LogP contribution in [0.3, 0.4) is 0 Å². The predicted molar refractivity (Wildman–Crippen MR) is 89.2 cm³/mol. The number of nitrogens with zero attached hydrogens (tertiary/aromatic N) is 1. The van der Waals surface area contributed by atoms with Gasteiger partial charge in [0.05, 0.1) is 18.9 Å². The number of carbonyl (C=O) groups is 1. The first-order valence-electron chi connectivity index (χ1n) is 7.84. The van der Waals surface area contributed by atoms with Gasteiger partial charge in [0.1, 0.15) is 5.82 Å². The number of allylic oxidation sites excluding steroid dienone is 1. The van der Waals surface area contributed by atoms with E-state index in [1.807, 2.05) is 4.90 Å². The van der Waals surface area contributed by atoms with Crippen LogP contribution in [0.25, 0.3) is 6.08 Å². The molecular formula is C19H16F3NO2. The Kier molecular flexibility index (Phi) is 5.19. The number of halogens is 3. The molecule has 0 bridgehead atoms. The molecule has 3 rings (SSSR count). The molecule has 0 unspecified atom stereocenters.